The van der Waals surface area contributed by atoms with Gasteiger partial charge < -0.3 is 9.47 Å². The van der Waals surface area contributed by atoms with Crippen molar-refractivity contribution in [3.63, 3.8) is 0 Å². The fourth-order valence-corrected chi connectivity index (χ4v) is 3.45. The van der Waals surface area contributed by atoms with Crippen molar-refractivity contribution in [3.8, 4) is 0 Å². The number of hydrogen-bond acceptors (Lipinski definition) is 5. The lowest BCUT2D eigenvalue weighted by Crippen LogP contribution is -2.46. The number of carbonyl (C=O) groups is 2. The van der Waals surface area contributed by atoms with Crippen LogP contribution in [0.2, 0.25) is 0 Å². The fraction of sp³-hybridized carbons (Fsp3) is 0.789. The van der Waals surface area contributed by atoms with Crippen LogP contribution in [0.5, 0.6) is 0 Å². The third-order valence-corrected chi connectivity index (χ3v) is 4.75. The summed E-state index contributed by atoms with van der Waals surface area (Å²) >= 11 is 0. The van der Waals surface area contributed by atoms with E-state index in [1.807, 2.05) is 13.8 Å². The van der Waals surface area contributed by atoms with Gasteiger partial charge in [0.05, 0.1) is 18.8 Å². The first kappa shape index (κ1) is 21.4. The molecule has 1 saturated heterocycles. The average Bonchev–Trinajstić information content (AvgIpc) is 2.97. The molecule has 0 aromatic carbocycles. The van der Waals surface area contributed by atoms with Crippen molar-refractivity contribution in [2.75, 3.05) is 13.2 Å². The first-order valence-corrected chi connectivity index (χ1v) is 9.56. The van der Waals surface area contributed by atoms with E-state index in [2.05, 4.69) is 23.9 Å². The number of allylic oxidation sites excluding steroid dienone is 1. The molecule has 8 nitrogen and oxygen atoms in total. The first-order valence-electron chi connectivity index (χ1n) is 9.56. The minimum absolute atomic E-state index is 0.119. The van der Waals surface area contributed by atoms with Crippen LogP contribution in [0.4, 0.5) is 0 Å². The number of rotatable bonds is 8. The molecule has 2 rings (SSSR count). The standard InChI is InChI=1S/C19H30N4O4/c1-11(2)6-14-18(24)13(5)8-23(19(14)25)17-7-15(21-22-20)16(27-17)10-26-9-12(3)4/h8,11-12,14-17H,6-7,9-10H2,1-5H3/t14?,15?,16-,17-/m1/s1. The second-order valence-electron chi connectivity index (χ2n) is 8.17. The van der Waals surface area contributed by atoms with E-state index in [-0.39, 0.29) is 17.6 Å². The van der Waals surface area contributed by atoms with Crippen molar-refractivity contribution in [2.45, 2.75) is 65.8 Å². The summed E-state index contributed by atoms with van der Waals surface area (Å²) in [4.78, 5) is 29.8. The average molecular weight is 378 g/mol. The Balaban J connectivity index is 2.14. The Labute approximate surface area is 160 Å². The molecule has 2 heterocycles. The van der Waals surface area contributed by atoms with Crippen molar-refractivity contribution in [2.24, 2.45) is 22.9 Å². The van der Waals surface area contributed by atoms with Gasteiger partial charge in [0.2, 0.25) is 5.91 Å². The zero-order chi connectivity index (χ0) is 20.1. The van der Waals surface area contributed by atoms with Gasteiger partial charge in [-0.3, -0.25) is 14.5 Å². The van der Waals surface area contributed by atoms with Gasteiger partial charge in [0.25, 0.3) is 0 Å². The highest BCUT2D eigenvalue weighted by atomic mass is 16.6. The van der Waals surface area contributed by atoms with Crippen LogP contribution in [0, 0.1) is 17.8 Å². The molecule has 8 heteroatoms. The summed E-state index contributed by atoms with van der Waals surface area (Å²) in [5, 5.41) is 3.82. The van der Waals surface area contributed by atoms with Gasteiger partial charge in [-0.1, -0.05) is 32.8 Å². The van der Waals surface area contributed by atoms with Crippen molar-refractivity contribution >= 4 is 11.7 Å². The summed E-state index contributed by atoms with van der Waals surface area (Å²) in [5.74, 6) is -0.419. The highest BCUT2D eigenvalue weighted by molar-refractivity contribution is 6.12. The van der Waals surface area contributed by atoms with Crippen molar-refractivity contribution in [1.29, 1.82) is 0 Å². The molecular weight excluding hydrogens is 348 g/mol. The minimum Gasteiger partial charge on any atom is -0.378 e. The molecular formula is C19H30N4O4. The van der Waals surface area contributed by atoms with Gasteiger partial charge in [0.1, 0.15) is 12.1 Å². The Morgan fingerprint density at radius 2 is 2.04 bits per heavy atom. The number of ether oxygens (including phenoxy) is 2. The van der Waals surface area contributed by atoms with E-state index in [0.717, 1.165) is 0 Å². The Morgan fingerprint density at radius 1 is 1.33 bits per heavy atom. The smallest absolute Gasteiger partial charge is 0.239 e. The van der Waals surface area contributed by atoms with Gasteiger partial charge in [-0.05, 0) is 30.7 Å². The molecule has 0 saturated carbocycles. The zero-order valence-corrected chi connectivity index (χ0v) is 16.8. The fourth-order valence-electron chi connectivity index (χ4n) is 3.45. The maximum atomic E-state index is 12.9. The number of amides is 1. The SMILES string of the molecule is CC1=CN([C@H]2CC(N=[N+]=[N-])[C@@H](COCC(C)C)O2)C(=O)C(CC(C)C)C1=O. The quantitative estimate of drug-likeness (QED) is 0.279. The Kier molecular flexibility index (Phi) is 7.41. The second kappa shape index (κ2) is 9.35. The number of hydrogen-bond donors (Lipinski definition) is 0. The molecule has 0 N–H and O–H groups in total. The van der Waals surface area contributed by atoms with Gasteiger partial charge in [-0.25, -0.2) is 0 Å². The Hall–Kier alpha value is -1.89. The first-order chi connectivity index (χ1) is 12.7. The van der Waals surface area contributed by atoms with E-state index in [9.17, 15) is 9.59 Å². The van der Waals surface area contributed by atoms with Crippen molar-refractivity contribution in [1.82, 2.24) is 4.90 Å². The second-order valence-corrected chi connectivity index (χ2v) is 8.17. The molecule has 0 spiro atoms. The number of ketones is 1. The Morgan fingerprint density at radius 3 is 2.63 bits per heavy atom. The summed E-state index contributed by atoms with van der Waals surface area (Å²) in [5.41, 5.74) is 9.39. The lowest BCUT2D eigenvalue weighted by atomic mass is 9.87. The third kappa shape index (κ3) is 5.31. The van der Waals surface area contributed by atoms with Gasteiger partial charge in [0, 0.05) is 29.7 Å². The van der Waals surface area contributed by atoms with E-state index >= 15 is 0 Å². The van der Waals surface area contributed by atoms with Gasteiger partial charge in [-0.2, -0.15) is 0 Å². The van der Waals surface area contributed by atoms with E-state index in [4.69, 9.17) is 15.0 Å². The highest BCUT2D eigenvalue weighted by Crippen LogP contribution is 2.32. The van der Waals surface area contributed by atoms with Crippen LogP contribution in [-0.2, 0) is 19.1 Å². The summed E-state index contributed by atoms with van der Waals surface area (Å²) in [6.07, 6.45) is 1.49. The number of Topliss-reactive ketones (excluding diaryl/α,β-unsaturated/α-hetero) is 1. The summed E-state index contributed by atoms with van der Waals surface area (Å²) in [7, 11) is 0. The minimum atomic E-state index is -0.673. The lowest BCUT2D eigenvalue weighted by molar-refractivity contribution is -0.151. The predicted molar refractivity (Wildman–Crippen MR) is 100 cm³/mol. The largest absolute Gasteiger partial charge is 0.378 e. The van der Waals surface area contributed by atoms with E-state index in [1.54, 1.807) is 13.1 Å². The number of azide groups is 1. The molecule has 2 unspecified atom stereocenters. The van der Waals surface area contributed by atoms with Crippen LogP contribution >= 0.6 is 0 Å². The maximum absolute atomic E-state index is 12.9. The molecule has 2 aliphatic rings. The van der Waals surface area contributed by atoms with Gasteiger partial charge >= 0.3 is 0 Å². The lowest BCUT2D eigenvalue weighted by Gasteiger charge is -2.33. The summed E-state index contributed by atoms with van der Waals surface area (Å²) in [6, 6.07) is -0.408. The van der Waals surface area contributed by atoms with Crippen LogP contribution in [0.1, 0.15) is 47.5 Å². The van der Waals surface area contributed by atoms with Crippen LogP contribution in [0.3, 0.4) is 0 Å². The molecule has 0 radical (unpaired) electrons. The number of carbonyl (C=O) groups excluding carboxylic acids is 2. The zero-order valence-electron chi connectivity index (χ0n) is 16.8. The van der Waals surface area contributed by atoms with Crippen LogP contribution < -0.4 is 0 Å². The van der Waals surface area contributed by atoms with E-state index in [1.165, 1.54) is 4.90 Å². The van der Waals surface area contributed by atoms with E-state index in [0.29, 0.717) is 37.5 Å². The predicted octanol–water partition coefficient (Wildman–Crippen LogP) is 3.43. The molecule has 150 valence electrons. The molecule has 1 amide bonds. The molecule has 0 aliphatic carbocycles. The molecule has 0 bridgehead atoms. The summed E-state index contributed by atoms with van der Waals surface area (Å²) < 4.78 is 11.7. The monoisotopic (exact) mass is 378 g/mol. The molecule has 0 aromatic heterocycles. The van der Waals surface area contributed by atoms with E-state index < -0.39 is 24.3 Å². The molecule has 4 atom stereocenters. The highest BCUT2D eigenvalue weighted by Gasteiger charge is 2.44. The van der Waals surface area contributed by atoms with Crippen LogP contribution in [0.25, 0.3) is 10.4 Å². The van der Waals surface area contributed by atoms with Gasteiger partial charge in [-0.15, -0.1) is 0 Å². The molecule has 2 aliphatic heterocycles. The summed E-state index contributed by atoms with van der Waals surface area (Å²) in [6.45, 7) is 10.7. The maximum Gasteiger partial charge on any atom is 0.239 e. The Bertz CT molecular complexity index is 640. The van der Waals surface area contributed by atoms with Crippen LogP contribution in [-0.4, -0.2) is 48.2 Å². The normalized spacial score (nSPS) is 28.7. The number of nitrogens with zero attached hydrogens (tertiary/aromatic N) is 4. The van der Waals surface area contributed by atoms with Crippen molar-refractivity contribution < 1.29 is 19.1 Å². The molecule has 1 fully saturated rings. The van der Waals surface area contributed by atoms with Crippen molar-refractivity contribution in [3.05, 3.63) is 22.2 Å². The third-order valence-electron chi connectivity index (χ3n) is 4.75. The van der Waals surface area contributed by atoms with Crippen LogP contribution in [0.15, 0.2) is 16.9 Å². The van der Waals surface area contributed by atoms with Gasteiger partial charge in [0.15, 0.2) is 5.78 Å². The molecule has 0 aromatic rings. The topological polar surface area (TPSA) is 105 Å². The molecule has 27 heavy (non-hydrogen) atoms.